The summed E-state index contributed by atoms with van der Waals surface area (Å²) in [6.07, 6.45) is -9.95. The highest BCUT2D eigenvalue weighted by molar-refractivity contribution is 5.87. The molecule has 0 saturated carbocycles. The van der Waals surface area contributed by atoms with Crippen molar-refractivity contribution in [3.63, 3.8) is 0 Å². The highest BCUT2D eigenvalue weighted by Gasteiger charge is 2.47. The molecular weight excluding hydrogens is 521 g/mol. The number of hydrogen-bond acceptors (Lipinski definition) is 3. The first-order chi connectivity index (χ1) is 17.7. The molecule has 2 saturated heterocycles. The molecule has 4 unspecified atom stereocenters. The molecule has 2 amide bonds. The highest BCUT2D eigenvalue weighted by atomic mass is 19.4. The second-order valence-electron chi connectivity index (χ2n) is 9.28. The number of rotatable bonds is 4. The zero-order valence-electron chi connectivity index (χ0n) is 20.6. The first kappa shape index (κ1) is 29.4. The molecule has 0 aromatic heterocycles. The lowest BCUT2D eigenvalue weighted by Crippen LogP contribution is -2.47. The monoisotopic (exact) mass is 548 g/mol. The van der Waals surface area contributed by atoms with Gasteiger partial charge in [-0.15, -0.1) is 0 Å². The van der Waals surface area contributed by atoms with Gasteiger partial charge < -0.3 is 15.0 Å². The van der Waals surface area contributed by atoms with Gasteiger partial charge in [-0.3, -0.25) is 9.59 Å². The lowest BCUT2D eigenvalue weighted by Gasteiger charge is -2.35. The Hall–Kier alpha value is -3.15. The normalized spacial score (nSPS) is 23.4. The standard InChI is InChI=1S/C20H22F6N2O3.C6H5F/c1-10-15-5-12(18(30)27-2)6-17(29)28(15)8-16(10)31-9-11-3-13(19(21,22)23)7-14(4-11)20(24,25)26;7-6-4-2-1-3-5-6/h3-4,7,10,12,15-16H,5-6,8-9H2,1-2H3,(H,27,30);1-5H. The maximum absolute atomic E-state index is 13.0. The van der Waals surface area contributed by atoms with Crippen LogP contribution in [0.2, 0.25) is 0 Å². The summed E-state index contributed by atoms with van der Waals surface area (Å²) >= 11 is 0. The number of halogens is 7. The van der Waals surface area contributed by atoms with E-state index in [-0.39, 0.29) is 54.2 Å². The third kappa shape index (κ3) is 7.24. The molecule has 4 rings (SSSR count). The van der Waals surface area contributed by atoms with Gasteiger partial charge in [0.2, 0.25) is 11.8 Å². The van der Waals surface area contributed by atoms with E-state index in [1.54, 1.807) is 30.0 Å². The van der Waals surface area contributed by atoms with Crippen LogP contribution >= 0.6 is 0 Å². The van der Waals surface area contributed by atoms with Gasteiger partial charge in [-0.1, -0.05) is 25.1 Å². The number of nitrogens with zero attached hydrogens (tertiary/aromatic N) is 1. The lowest BCUT2D eigenvalue weighted by atomic mass is 9.85. The van der Waals surface area contributed by atoms with E-state index in [2.05, 4.69) is 5.32 Å². The Morgan fingerprint density at radius 2 is 1.61 bits per heavy atom. The van der Waals surface area contributed by atoms with Crippen LogP contribution in [0.25, 0.3) is 0 Å². The van der Waals surface area contributed by atoms with Crippen LogP contribution in [0.3, 0.4) is 0 Å². The molecule has 0 radical (unpaired) electrons. The fraction of sp³-hybridized carbons (Fsp3) is 0.462. The number of amides is 2. The third-order valence-electron chi connectivity index (χ3n) is 6.70. The first-order valence-corrected chi connectivity index (χ1v) is 11.8. The lowest BCUT2D eigenvalue weighted by molar-refractivity contribution is -0.143. The molecule has 0 spiro atoms. The van der Waals surface area contributed by atoms with E-state index in [1.807, 2.05) is 0 Å². The topological polar surface area (TPSA) is 58.6 Å². The SMILES string of the molecule is CNC(=O)C1CC(=O)N2CC(OCc3cc(C(F)(F)F)cc(C(F)(F)F)c3)C(C)C2C1.Fc1ccccc1. The summed E-state index contributed by atoms with van der Waals surface area (Å²) in [6, 6.07) is 9.00. The molecular formula is C26H27F7N2O3. The number of benzene rings is 2. The van der Waals surface area contributed by atoms with E-state index >= 15 is 0 Å². The van der Waals surface area contributed by atoms with E-state index < -0.39 is 42.1 Å². The van der Waals surface area contributed by atoms with Gasteiger partial charge in [0.05, 0.1) is 23.8 Å². The van der Waals surface area contributed by atoms with E-state index in [0.29, 0.717) is 18.6 Å². The number of fused-ring (bicyclic) bond motifs is 1. The molecule has 2 aliphatic rings. The molecule has 2 aromatic rings. The Balaban J connectivity index is 0.000000494. The molecule has 2 aromatic carbocycles. The molecule has 0 aliphatic carbocycles. The predicted octanol–water partition coefficient (Wildman–Crippen LogP) is 5.44. The van der Waals surface area contributed by atoms with Crippen LogP contribution in [-0.2, 0) is 33.3 Å². The second kappa shape index (κ2) is 11.7. The number of carbonyl (C=O) groups is 2. The molecule has 2 aliphatic heterocycles. The van der Waals surface area contributed by atoms with Crippen LogP contribution in [0.4, 0.5) is 30.7 Å². The maximum atomic E-state index is 13.0. The van der Waals surface area contributed by atoms with Crippen LogP contribution < -0.4 is 5.32 Å². The Bertz CT molecular complexity index is 1090. The van der Waals surface area contributed by atoms with E-state index in [0.717, 1.165) is 0 Å². The summed E-state index contributed by atoms with van der Waals surface area (Å²) in [6.45, 7) is 1.51. The quantitative estimate of drug-likeness (QED) is 0.518. The summed E-state index contributed by atoms with van der Waals surface area (Å²) in [5.74, 6) is -1.35. The maximum Gasteiger partial charge on any atom is 0.416 e. The van der Waals surface area contributed by atoms with Crippen LogP contribution in [0.15, 0.2) is 48.5 Å². The molecule has 12 heteroatoms. The van der Waals surface area contributed by atoms with Gasteiger partial charge in [0.1, 0.15) is 5.82 Å². The zero-order valence-corrected chi connectivity index (χ0v) is 20.6. The molecule has 2 heterocycles. The fourth-order valence-electron chi connectivity index (χ4n) is 4.69. The Labute approximate surface area is 214 Å². The summed E-state index contributed by atoms with van der Waals surface area (Å²) in [5.41, 5.74) is -3.06. The van der Waals surface area contributed by atoms with Crippen LogP contribution in [0.1, 0.15) is 36.5 Å². The summed E-state index contributed by atoms with van der Waals surface area (Å²) in [5, 5.41) is 2.52. The van der Waals surface area contributed by atoms with Gasteiger partial charge in [-0.05, 0) is 42.3 Å². The average molecular weight is 548 g/mol. The average Bonchev–Trinajstić information content (AvgIpc) is 3.18. The molecule has 38 heavy (non-hydrogen) atoms. The van der Waals surface area contributed by atoms with Crippen LogP contribution in [-0.4, -0.2) is 42.5 Å². The van der Waals surface area contributed by atoms with Crippen molar-refractivity contribution in [1.82, 2.24) is 10.2 Å². The minimum absolute atomic E-state index is 0.0538. The number of alkyl halides is 6. The van der Waals surface area contributed by atoms with Crippen molar-refractivity contribution in [1.29, 1.82) is 0 Å². The fourth-order valence-corrected chi connectivity index (χ4v) is 4.69. The van der Waals surface area contributed by atoms with Crippen molar-refractivity contribution in [2.45, 2.75) is 50.9 Å². The second-order valence-corrected chi connectivity index (χ2v) is 9.28. The molecule has 0 bridgehead atoms. The van der Waals surface area contributed by atoms with Gasteiger partial charge >= 0.3 is 12.4 Å². The number of hydrogen-bond donors (Lipinski definition) is 1. The first-order valence-electron chi connectivity index (χ1n) is 11.8. The van der Waals surface area contributed by atoms with E-state index in [1.165, 1.54) is 19.2 Å². The molecule has 5 nitrogen and oxygen atoms in total. The van der Waals surface area contributed by atoms with Crippen molar-refractivity contribution < 1.29 is 45.1 Å². The summed E-state index contributed by atoms with van der Waals surface area (Å²) in [4.78, 5) is 25.9. The highest BCUT2D eigenvalue weighted by Crippen LogP contribution is 2.39. The summed E-state index contributed by atoms with van der Waals surface area (Å²) < 4.78 is 95.8. The Morgan fingerprint density at radius 3 is 2.08 bits per heavy atom. The third-order valence-corrected chi connectivity index (χ3v) is 6.70. The van der Waals surface area contributed by atoms with Crippen molar-refractivity contribution in [2.75, 3.05) is 13.6 Å². The number of ether oxygens (including phenoxy) is 1. The molecule has 2 fully saturated rings. The van der Waals surface area contributed by atoms with Crippen LogP contribution in [0.5, 0.6) is 0 Å². The molecule has 1 N–H and O–H groups in total. The molecule has 208 valence electrons. The minimum Gasteiger partial charge on any atom is -0.371 e. The van der Waals surface area contributed by atoms with Crippen molar-refractivity contribution in [3.8, 4) is 0 Å². The van der Waals surface area contributed by atoms with E-state index in [9.17, 15) is 40.3 Å². The van der Waals surface area contributed by atoms with Crippen molar-refractivity contribution in [2.24, 2.45) is 11.8 Å². The number of nitrogens with one attached hydrogen (secondary N) is 1. The van der Waals surface area contributed by atoms with Gasteiger partial charge in [0.15, 0.2) is 0 Å². The van der Waals surface area contributed by atoms with Gasteiger partial charge in [-0.25, -0.2) is 4.39 Å². The Morgan fingerprint density at radius 1 is 1.03 bits per heavy atom. The zero-order chi connectivity index (χ0) is 28.3. The smallest absolute Gasteiger partial charge is 0.371 e. The van der Waals surface area contributed by atoms with E-state index in [4.69, 9.17) is 4.74 Å². The minimum atomic E-state index is -4.93. The number of carbonyl (C=O) groups excluding carboxylic acids is 2. The number of piperidine rings is 1. The van der Waals surface area contributed by atoms with Crippen molar-refractivity contribution in [3.05, 3.63) is 71.0 Å². The predicted molar refractivity (Wildman–Crippen MR) is 123 cm³/mol. The molecule has 4 atom stereocenters. The largest absolute Gasteiger partial charge is 0.416 e. The summed E-state index contributed by atoms with van der Waals surface area (Å²) in [7, 11) is 1.48. The van der Waals surface area contributed by atoms with Gasteiger partial charge in [-0.2, -0.15) is 26.3 Å². The van der Waals surface area contributed by atoms with Gasteiger partial charge in [0.25, 0.3) is 0 Å². The van der Waals surface area contributed by atoms with Crippen molar-refractivity contribution >= 4 is 11.8 Å². The Kier molecular flexibility index (Phi) is 9.06. The van der Waals surface area contributed by atoms with Crippen LogP contribution in [0, 0.1) is 17.7 Å². The van der Waals surface area contributed by atoms with Gasteiger partial charge in [0, 0.05) is 37.9 Å².